The predicted octanol–water partition coefficient (Wildman–Crippen LogP) is 3.74. The van der Waals surface area contributed by atoms with Gasteiger partial charge < -0.3 is 9.52 Å². The maximum atomic E-state index is 9.90. The molecule has 1 atom stereocenters. The zero-order valence-corrected chi connectivity index (χ0v) is 11.6. The molecule has 17 heavy (non-hydrogen) atoms. The van der Waals surface area contributed by atoms with Gasteiger partial charge in [0, 0.05) is 21.5 Å². The minimum atomic E-state index is -0.357. The lowest BCUT2D eigenvalue weighted by Gasteiger charge is -2.09. The van der Waals surface area contributed by atoms with Crippen LogP contribution < -0.4 is 0 Å². The van der Waals surface area contributed by atoms with Crippen molar-refractivity contribution >= 4 is 27.7 Å². The number of hydrogen-bond donors (Lipinski definition) is 1. The van der Waals surface area contributed by atoms with Crippen LogP contribution >= 0.6 is 27.7 Å². The zero-order chi connectivity index (χ0) is 12.1. The van der Waals surface area contributed by atoms with Crippen LogP contribution in [-0.2, 0) is 6.42 Å². The number of benzene rings is 1. The number of furan rings is 1. The first-order valence-electron chi connectivity index (χ1n) is 5.32. The van der Waals surface area contributed by atoms with Crippen molar-refractivity contribution in [2.45, 2.75) is 17.4 Å². The molecule has 4 heteroatoms. The Morgan fingerprint density at radius 2 is 2.12 bits per heavy atom. The van der Waals surface area contributed by atoms with Crippen molar-refractivity contribution in [3.05, 3.63) is 52.9 Å². The molecule has 0 saturated heterocycles. The number of rotatable bonds is 5. The third kappa shape index (κ3) is 3.91. The molecule has 0 saturated carbocycles. The van der Waals surface area contributed by atoms with Gasteiger partial charge in [-0.3, -0.25) is 0 Å². The van der Waals surface area contributed by atoms with E-state index in [2.05, 4.69) is 15.9 Å². The maximum Gasteiger partial charge on any atom is 0.0935 e. The third-order valence-corrected chi connectivity index (χ3v) is 4.49. The standard InChI is InChI=1S/C13H13BrO2S/c14-12-3-1-2-4-13(12)17-9-11(15)7-10-5-6-16-8-10/h1-6,8,11,15H,7,9H2. The smallest absolute Gasteiger partial charge is 0.0935 e. The molecule has 1 aromatic carbocycles. The molecule has 2 nitrogen and oxygen atoms in total. The van der Waals surface area contributed by atoms with E-state index in [0.29, 0.717) is 12.2 Å². The Morgan fingerprint density at radius 1 is 1.29 bits per heavy atom. The van der Waals surface area contributed by atoms with Gasteiger partial charge in [-0.05, 0) is 39.7 Å². The highest BCUT2D eigenvalue weighted by atomic mass is 79.9. The van der Waals surface area contributed by atoms with Gasteiger partial charge in [0.1, 0.15) is 0 Å². The second kappa shape index (κ2) is 6.28. The quantitative estimate of drug-likeness (QED) is 0.854. The number of hydrogen-bond acceptors (Lipinski definition) is 3. The summed E-state index contributed by atoms with van der Waals surface area (Å²) in [7, 11) is 0. The fourth-order valence-electron chi connectivity index (χ4n) is 1.49. The van der Waals surface area contributed by atoms with E-state index in [0.717, 1.165) is 14.9 Å². The molecule has 1 aromatic heterocycles. The molecule has 2 aromatic rings. The Balaban J connectivity index is 1.84. The van der Waals surface area contributed by atoms with E-state index < -0.39 is 0 Å². The summed E-state index contributed by atoms with van der Waals surface area (Å²) in [5, 5.41) is 9.90. The monoisotopic (exact) mass is 312 g/mol. The molecule has 2 rings (SSSR count). The fraction of sp³-hybridized carbons (Fsp3) is 0.231. The first kappa shape index (κ1) is 12.7. The van der Waals surface area contributed by atoms with Gasteiger partial charge in [-0.25, -0.2) is 0 Å². The van der Waals surface area contributed by atoms with Crippen molar-refractivity contribution in [3.63, 3.8) is 0 Å². The molecule has 0 aliphatic carbocycles. The Kier molecular flexibility index (Phi) is 4.71. The minimum absolute atomic E-state index is 0.357. The van der Waals surface area contributed by atoms with E-state index in [1.165, 1.54) is 0 Å². The molecule has 0 radical (unpaired) electrons. The van der Waals surface area contributed by atoms with Crippen molar-refractivity contribution in [2.24, 2.45) is 0 Å². The topological polar surface area (TPSA) is 33.4 Å². The molecule has 0 bridgehead atoms. The Labute approximate surface area is 113 Å². The molecule has 0 amide bonds. The molecule has 0 aliphatic heterocycles. The van der Waals surface area contributed by atoms with Crippen molar-refractivity contribution in [2.75, 3.05) is 5.75 Å². The third-order valence-electron chi connectivity index (χ3n) is 2.32. The fourth-order valence-corrected chi connectivity index (χ4v) is 2.99. The minimum Gasteiger partial charge on any atom is -0.472 e. The largest absolute Gasteiger partial charge is 0.472 e. The highest BCUT2D eigenvalue weighted by molar-refractivity contribution is 9.10. The predicted molar refractivity (Wildman–Crippen MR) is 73.3 cm³/mol. The van der Waals surface area contributed by atoms with E-state index in [4.69, 9.17) is 4.42 Å². The lowest BCUT2D eigenvalue weighted by molar-refractivity contribution is 0.200. The van der Waals surface area contributed by atoms with Crippen LogP contribution in [0.2, 0.25) is 0 Å². The summed E-state index contributed by atoms with van der Waals surface area (Å²) in [5.41, 5.74) is 1.03. The lowest BCUT2D eigenvalue weighted by atomic mass is 10.2. The Bertz CT molecular complexity index is 456. The number of halogens is 1. The van der Waals surface area contributed by atoms with Gasteiger partial charge in [0.2, 0.25) is 0 Å². The van der Waals surface area contributed by atoms with Gasteiger partial charge in [-0.1, -0.05) is 12.1 Å². The van der Waals surface area contributed by atoms with Crippen LogP contribution in [0.5, 0.6) is 0 Å². The molecule has 1 N–H and O–H groups in total. The summed E-state index contributed by atoms with van der Waals surface area (Å²) in [4.78, 5) is 1.15. The normalized spacial score (nSPS) is 12.6. The molecular formula is C13H13BrO2S. The molecule has 0 spiro atoms. The van der Waals surface area contributed by atoms with E-state index >= 15 is 0 Å². The van der Waals surface area contributed by atoms with Gasteiger partial charge >= 0.3 is 0 Å². The molecule has 0 aliphatic rings. The summed E-state index contributed by atoms with van der Waals surface area (Å²) in [5.74, 6) is 0.674. The summed E-state index contributed by atoms with van der Waals surface area (Å²) in [6, 6.07) is 9.90. The van der Waals surface area contributed by atoms with Crippen molar-refractivity contribution in [1.82, 2.24) is 0 Å². The van der Waals surface area contributed by atoms with Crippen molar-refractivity contribution in [3.8, 4) is 0 Å². The van der Waals surface area contributed by atoms with E-state index in [9.17, 15) is 5.11 Å². The number of aliphatic hydroxyl groups is 1. The molecule has 1 heterocycles. The molecule has 90 valence electrons. The summed E-state index contributed by atoms with van der Waals surface area (Å²) < 4.78 is 6.04. The Hall–Kier alpha value is -0.710. The maximum absolute atomic E-state index is 9.90. The second-order valence-electron chi connectivity index (χ2n) is 3.73. The molecule has 1 unspecified atom stereocenters. The highest BCUT2D eigenvalue weighted by Crippen LogP contribution is 2.27. The SMILES string of the molecule is OC(CSc1ccccc1Br)Cc1ccoc1. The van der Waals surface area contributed by atoms with E-state index in [1.807, 2.05) is 30.3 Å². The zero-order valence-electron chi connectivity index (χ0n) is 9.17. The summed E-state index contributed by atoms with van der Waals surface area (Å²) in [6.07, 6.45) is 3.58. The Morgan fingerprint density at radius 3 is 2.82 bits per heavy atom. The van der Waals surface area contributed by atoms with Crippen molar-refractivity contribution < 1.29 is 9.52 Å². The van der Waals surface area contributed by atoms with Gasteiger partial charge in [0.05, 0.1) is 18.6 Å². The van der Waals surface area contributed by atoms with E-state index in [1.54, 1.807) is 24.3 Å². The highest BCUT2D eigenvalue weighted by Gasteiger charge is 2.08. The number of aliphatic hydroxyl groups excluding tert-OH is 1. The van der Waals surface area contributed by atoms with Crippen LogP contribution in [0.15, 0.2) is 56.6 Å². The van der Waals surface area contributed by atoms with Crippen LogP contribution in [-0.4, -0.2) is 17.0 Å². The first-order valence-corrected chi connectivity index (χ1v) is 7.10. The first-order chi connectivity index (χ1) is 8.25. The molecule has 0 fully saturated rings. The summed E-state index contributed by atoms with van der Waals surface area (Å²) >= 11 is 5.14. The van der Waals surface area contributed by atoms with Crippen LogP contribution in [0.3, 0.4) is 0 Å². The summed E-state index contributed by atoms with van der Waals surface area (Å²) in [6.45, 7) is 0. The average molecular weight is 313 g/mol. The van der Waals surface area contributed by atoms with Crippen LogP contribution in [0.25, 0.3) is 0 Å². The van der Waals surface area contributed by atoms with Gasteiger partial charge in [0.25, 0.3) is 0 Å². The van der Waals surface area contributed by atoms with Crippen LogP contribution in [0, 0.1) is 0 Å². The molecular weight excluding hydrogens is 300 g/mol. The van der Waals surface area contributed by atoms with Gasteiger partial charge in [0.15, 0.2) is 0 Å². The average Bonchev–Trinajstić information content (AvgIpc) is 2.81. The second-order valence-corrected chi connectivity index (χ2v) is 5.65. The lowest BCUT2D eigenvalue weighted by Crippen LogP contribution is -2.12. The van der Waals surface area contributed by atoms with Gasteiger partial charge in [-0.15, -0.1) is 11.8 Å². The van der Waals surface area contributed by atoms with Gasteiger partial charge in [-0.2, -0.15) is 0 Å². The van der Waals surface area contributed by atoms with Crippen LogP contribution in [0.1, 0.15) is 5.56 Å². The van der Waals surface area contributed by atoms with Crippen molar-refractivity contribution in [1.29, 1.82) is 0 Å². The number of thioether (sulfide) groups is 1. The van der Waals surface area contributed by atoms with Crippen LogP contribution in [0.4, 0.5) is 0 Å². The van der Waals surface area contributed by atoms with E-state index in [-0.39, 0.29) is 6.10 Å².